The van der Waals surface area contributed by atoms with Gasteiger partial charge in [0.25, 0.3) is 0 Å². The maximum absolute atomic E-state index is 13.5. The Hall–Kier alpha value is -5.25. The Bertz CT molecular complexity index is 1590. The third kappa shape index (κ3) is 18.3. The Kier molecular flexibility index (Phi) is 17.5. The average Bonchev–Trinajstić information content (AvgIpc) is 3.09. The molecule has 1 heterocycles. The van der Waals surface area contributed by atoms with Crippen molar-refractivity contribution in [2.75, 3.05) is 65.4 Å². The van der Waals surface area contributed by atoms with Gasteiger partial charge in [0.05, 0.1) is 0 Å². The number of para-hydroxylation sites is 1. The summed E-state index contributed by atoms with van der Waals surface area (Å²) in [5, 5.41) is 15.3. The number of carbonyl (C=O) groups excluding carboxylic acids is 5. The van der Waals surface area contributed by atoms with Crippen molar-refractivity contribution in [2.24, 2.45) is 0 Å². The quantitative estimate of drug-likeness (QED) is 0.211. The molecule has 16 heteroatoms. The molecule has 0 aliphatic carbocycles. The minimum Gasteiger partial charge on any atom is -0.508 e. The molecule has 0 spiro atoms. The van der Waals surface area contributed by atoms with Crippen molar-refractivity contribution >= 4 is 30.3 Å². The summed E-state index contributed by atoms with van der Waals surface area (Å²) in [6.07, 6.45) is -1.74. The van der Waals surface area contributed by atoms with E-state index >= 15 is 0 Å². The number of carbonyl (C=O) groups is 5. The second-order valence-electron chi connectivity index (χ2n) is 17.2. The fourth-order valence-corrected chi connectivity index (χ4v) is 5.69. The zero-order valence-electron chi connectivity index (χ0n) is 35.7. The Morgan fingerprint density at radius 2 is 1.07 bits per heavy atom. The topological polar surface area (TPSA) is 180 Å². The van der Waals surface area contributed by atoms with Crippen molar-refractivity contribution < 1.29 is 48.0 Å². The van der Waals surface area contributed by atoms with Gasteiger partial charge in [0.2, 0.25) is 5.91 Å². The van der Waals surface area contributed by atoms with Crippen LogP contribution in [0.15, 0.2) is 54.6 Å². The van der Waals surface area contributed by atoms with E-state index in [1.165, 1.54) is 17.0 Å². The highest BCUT2D eigenvalue weighted by Crippen LogP contribution is 2.16. The maximum atomic E-state index is 13.5. The van der Waals surface area contributed by atoms with Crippen LogP contribution in [0.3, 0.4) is 0 Å². The number of nitrogens with zero attached hydrogens (tertiary/aromatic N) is 4. The van der Waals surface area contributed by atoms with E-state index in [1.807, 2.05) is 0 Å². The fourth-order valence-electron chi connectivity index (χ4n) is 5.69. The van der Waals surface area contributed by atoms with Crippen molar-refractivity contribution in [3.8, 4) is 11.5 Å². The van der Waals surface area contributed by atoms with E-state index in [0.717, 1.165) is 5.56 Å². The van der Waals surface area contributed by atoms with E-state index in [4.69, 9.17) is 18.9 Å². The maximum Gasteiger partial charge on any atom is 0.413 e. The molecule has 58 heavy (non-hydrogen) atoms. The lowest BCUT2D eigenvalue weighted by atomic mass is 10.1. The summed E-state index contributed by atoms with van der Waals surface area (Å²) < 4.78 is 22.5. The Labute approximate surface area is 343 Å². The lowest BCUT2D eigenvalue weighted by Crippen LogP contribution is -2.51. The van der Waals surface area contributed by atoms with Crippen molar-refractivity contribution in [1.29, 1.82) is 0 Å². The number of phenolic OH excluding ortho intramolecular Hbond substituents is 1. The van der Waals surface area contributed by atoms with Gasteiger partial charge in [-0.25, -0.2) is 19.2 Å². The molecule has 3 rings (SSSR count). The average molecular weight is 813 g/mol. The number of hydrogen-bond donors (Lipinski definition) is 3. The van der Waals surface area contributed by atoms with Crippen molar-refractivity contribution in [2.45, 2.75) is 98.0 Å². The van der Waals surface area contributed by atoms with Crippen LogP contribution in [-0.2, 0) is 25.4 Å². The summed E-state index contributed by atoms with van der Waals surface area (Å²) in [7, 11) is 0. The summed E-state index contributed by atoms with van der Waals surface area (Å²) in [4.78, 5) is 73.2. The molecule has 3 N–H and O–H groups in total. The minimum atomic E-state index is -0.979. The van der Waals surface area contributed by atoms with Gasteiger partial charge in [-0.05, 0) is 105 Å². The number of nitrogens with one attached hydrogen (secondary N) is 2. The van der Waals surface area contributed by atoms with Crippen LogP contribution < -0.4 is 15.4 Å². The van der Waals surface area contributed by atoms with Crippen LogP contribution in [0.25, 0.3) is 0 Å². The SMILES string of the molecule is CC(C)(C)OC(=O)N1CCN(CCCNC(=O)[C@H](Cc2ccc(O)cc2)NC(=O)Oc2ccccc2)CCN(C(=O)OC(C)(C)C)CCN(C(=O)OC(C)(C)C)CC1. The normalized spacial score (nSPS) is 15.6. The Morgan fingerprint density at radius 3 is 1.50 bits per heavy atom. The molecular formula is C42H64N6O10. The van der Waals surface area contributed by atoms with Gasteiger partial charge < -0.3 is 49.4 Å². The molecule has 0 unspecified atom stereocenters. The molecule has 322 valence electrons. The molecule has 0 aromatic heterocycles. The number of ether oxygens (including phenoxy) is 4. The van der Waals surface area contributed by atoms with Crippen LogP contribution in [-0.4, -0.2) is 143 Å². The summed E-state index contributed by atoms with van der Waals surface area (Å²) in [6, 6.07) is 13.9. The molecule has 5 amide bonds. The third-order valence-corrected chi connectivity index (χ3v) is 8.50. The minimum absolute atomic E-state index is 0.0779. The summed E-state index contributed by atoms with van der Waals surface area (Å²) in [5.74, 6) is -0.0200. The third-order valence-electron chi connectivity index (χ3n) is 8.50. The second-order valence-corrected chi connectivity index (χ2v) is 17.2. The molecule has 1 atom stereocenters. The molecule has 1 saturated heterocycles. The number of hydrogen-bond acceptors (Lipinski definition) is 11. The largest absolute Gasteiger partial charge is 0.508 e. The first kappa shape index (κ1) is 47.1. The van der Waals surface area contributed by atoms with Gasteiger partial charge in [0.1, 0.15) is 34.3 Å². The van der Waals surface area contributed by atoms with Crippen molar-refractivity contribution in [3.63, 3.8) is 0 Å². The van der Waals surface area contributed by atoms with Crippen LogP contribution in [0.1, 0.15) is 74.3 Å². The Morgan fingerprint density at radius 1 is 0.638 bits per heavy atom. The molecule has 1 aliphatic heterocycles. The zero-order valence-corrected chi connectivity index (χ0v) is 35.7. The first-order chi connectivity index (χ1) is 27.1. The van der Waals surface area contributed by atoms with Gasteiger partial charge in [-0.2, -0.15) is 0 Å². The van der Waals surface area contributed by atoms with Gasteiger partial charge >= 0.3 is 24.4 Å². The van der Waals surface area contributed by atoms with Crippen LogP contribution >= 0.6 is 0 Å². The lowest BCUT2D eigenvalue weighted by molar-refractivity contribution is -0.123. The fraction of sp³-hybridized carbons (Fsp3) is 0.595. The van der Waals surface area contributed by atoms with Gasteiger partial charge in [0.15, 0.2) is 0 Å². The van der Waals surface area contributed by atoms with Crippen molar-refractivity contribution in [3.05, 3.63) is 60.2 Å². The van der Waals surface area contributed by atoms with E-state index in [1.54, 1.807) is 115 Å². The number of phenols is 1. The first-order valence-electron chi connectivity index (χ1n) is 19.8. The highest BCUT2D eigenvalue weighted by Gasteiger charge is 2.30. The molecule has 1 aliphatic rings. The molecule has 0 saturated carbocycles. The van der Waals surface area contributed by atoms with Gasteiger partial charge in [-0.3, -0.25) is 9.69 Å². The van der Waals surface area contributed by atoms with E-state index in [-0.39, 0.29) is 58.0 Å². The van der Waals surface area contributed by atoms with E-state index < -0.39 is 53.1 Å². The first-order valence-corrected chi connectivity index (χ1v) is 19.8. The van der Waals surface area contributed by atoms with Crippen LogP contribution in [0.4, 0.5) is 19.2 Å². The zero-order chi connectivity index (χ0) is 43.1. The smallest absolute Gasteiger partial charge is 0.413 e. The van der Waals surface area contributed by atoms with Crippen LogP contribution in [0, 0.1) is 0 Å². The van der Waals surface area contributed by atoms with Crippen LogP contribution in [0.2, 0.25) is 0 Å². The monoisotopic (exact) mass is 812 g/mol. The Balaban J connectivity index is 1.76. The van der Waals surface area contributed by atoms with E-state index in [2.05, 4.69) is 15.5 Å². The molecule has 2 aromatic carbocycles. The van der Waals surface area contributed by atoms with E-state index in [0.29, 0.717) is 31.8 Å². The number of aromatic hydroxyl groups is 1. The molecule has 0 radical (unpaired) electrons. The number of amides is 5. The molecule has 16 nitrogen and oxygen atoms in total. The highest BCUT2D eigenvalue weighted by atomic mass is 16.6. The van der Waals surface area contributed by atoms with Gasteiger partial charge in [-0.1, -0.05) is 30.3 Å². The molecule has 2 aromatic rings. The number of benzene rings is 2. The predicted molar refractivity (Wildman–Crippen MR) is 219 cm³/mol. The number of rotatable bonds is 9. The standard InChI is InChI=1S/C42H64N6O10/c1-40(2,3)56-37(52)46-24-22-45(23-25-47(38(53)57-41(4,5)6)27-29-48(28-26-46)39(54)58-42(7,8)9)21-13-20-43-35(50)34(30-31-16-18-32(49)19-17-31)44-36(51)55-33-14-11-10-12-15-33/h10-12,14-19,34,49H,13,20-30H2,1-9H3,(H,43,50)(H,44,51)/t34-/m0/s1. The second kappa shape index (κ2) is 21.5. The molecule has 1 fully saturated rings. The predicted octanol–water partition coefficient (Wildman–Crippen LogP) is 5.63. The van der Waals surface area contributed by atoms with Gasteiger partial charge in [-0.15, -0.1) is 0 Å². The van der Waals surface area contributed by atoms with Crippen LogP contribution in [0.5, 0.6) is 11.5 Å². The lowest BCUT2D eigenvalue weighted by Gasteiger charge is -2.35. The molecule has 0 bridgehead atoms. The highest BCUT2D eigenvalue weighted by molar-refractivity contribution is 5.86. The van der Waals surface area contributed by atoms with E-state index in [9.17, 15) is 29.1 Å². The summed E-state index contributed by atoms with van der Waals surface area (Å²) >= 11 is 0. The molecular weight excluding hydrogens is 748 g/mol. The summed E-state index contributed by atoms with van der Waals surface area (Å²) in [6.45, 7) is 18.7. The van der Waals surface area contributed by atoms with Crippen molar-refractivity contribution in [1.82, 2.24) is 30.2 Å². The summed E-state index contributed by atoms with van der Waals surface area (Å²) in [5.41, 5.74) is -1.53. The van der Waals surface area contributed by atoms with Gasteiger partial charge in [0, 0.05) is 65.3 Å².